The van der Waals surface area contributed by atoms with Gasteiger partial charge in [-0.15, -0.1) is 4.13 Å². The number of rotatable bonds is 4. The largest absolute Gasteiger partial charge is 0.253 e. The van der Waals surface area contributed by atoms with Crippen molar-refractivity contribution in [3.63, 3.8) is 0 Å². The van der Waals surface area contributed by atoms with Crippen molar-refractivity contribution in [2.24, 2.45) is 0 Å². The second-order valence-corrected chi connectivity index (χ2v) is 7.48. The summed E-state index contributed by atoms with van der Waals surface area (Å²) in [4.78, 5) is -0.656. The van der Waals surface area contributed by atoms with Crippen LogP contribution in [0.25, 0.3) is 0 Å². The molecule has 0 saturated heterocycles. The Morgan fingerprint density at radius 3 is 1.90 bits per heavy atom. The molecular weight excluding hydrogens is 305 g/mol. The summed E-state index contributed by atoms with van der Waals surface area (Å²) in [5.74, 6) is -0.773. The Balaban J connectivity index is 2.39. The third-order valence-corrected chi connectivity index (χ3v) is 5.90. The Bertz CT molecular complexity index is 818. The fourth-order valence-electron chi connectivity index (χ4n) is 1.47. The van der Waals surface area contributed by atoms with Crippen LogP contribution >= 0.6 is 0 Å². The molecule has 0 aromatic heterocycles. The van der Waals surface area contributed by atoms with Crippen LogP contribution in [0.15, 0.2) is 64.4 Å². The predicted molar refractivity (Wildman–Crippen MR) is 70.3 cm³/mol. The molecule has 20 heavy (non-hydrogen) atoms. The van der Waals surface area contributed by atoms with Gasteiger partial charge < -0.3 is 0 Å². The lowest BCUT2D eigenvalue weighted by Gasteiger charge is -2.07. The molecule has 2 aromatic carbocycles. The molecule has 0 heterocycles. The van der Waals surface area contributed by atoms with Crippen molar-refractivity contribution < 1.29 is 21.2 Å². The molecule has 0 fully saturated rings. The fourth-order valence-corrected chi connectivity index (χ4v) is 4.44. The number of sulfonamides is 2. The van der Waals surface area contributed by atoms with E-state index in [1.807, 2.05) is 0 Å². The molecule has 0 spiro atoms. The first-order valence-corrected chi connectivity index (χ1v) is 8.37. The summed E-state index contributed by atoms with van der Waals surface area (Å²) in [6.45, 7) is 0. The maximum absolute atomic E-state index is 13.0. The van der Waals surface area contributed by atoms with Crippen molar-refractivity contribution in [1.29, 1.82) is 0 Å². The van der Waals surface area contributed by atoms with Gasteiger partial charge in [0.2, 0.25) is 0 Å². The van der Waals surface area contributed by atoms with E-state index in [9.17, 15) is 21.2 Å². The number of benzene rings is 2. The molecule has 2 aromatic rings. The molecule has 5 nitrogen and oxygen atoms in total. The Morgan fingerprint density at radius 2 is 1.30 bits per heavy atom. The third-order valence-electron chi connectivity index (χ3n) is 2.38. The molecule has 0 saturated carbocycles. The summed E-state index contributed by atoms with van der Waals surface area (Å²) >= 11 is 0. The third kappa shape index (κ3) is 3.21. The van der Waals surface area contributed by atoms with Crippen LogP contribution < -0.4 is 4.13 Å². The van der Waals surface area contributed by atoms with Crippen LogP contribution in [-0.2, 0) is 20.0 Å². The van der Waals surface area contributed by atoms with Crippen molar-refractivity contribution in [2.75, 3.05) is 0 Å². The van der Waals surface area contributed by atoms with Gasteiger partial charge in [0.25, 0.3) is 20.0 Å². The number of hydrogen-bond donors (Lipinski definition) is 1. The minimum absolute atomic E-state index is 0.194. The normalized spacial score (nSPS) is 12.2. The molecule has 0 unspecified atom stereocenters. The van der Waals surface area contributed by atoms with Crippen molar-refractivity contribution in [2.45, 2.75) is 9.79 Å². The Labute approximate surface area is 116 Å². The zero-order chi connectivity index (χ0) is 14.8. The molecular formula is C12H10FNO4S2. The zero-order valence-electron chi connectivity index (χ0n) is 10.0. The first-order chi connectivity index (χ1) is 9.31. The molecule has 1 N–H and O–H groups in total. The minimum Gasteiger partial charge on any atom is -0.207 e. The van der Waals surface area contributed by atoms with Gasteiger partial charge >= 0.3 is 0 Å². The van der Waals surface area contributed by atoms with E-state index in [0.29, 0.717) is 0 Å². The van der Waals surface area contributed by atoms with Crippen LogP contribution in [0.1, 0.15) is 0 Å². The molecule has 0 aliphatic carbocycles. The predicted octanol–water partition coefficient (Wildman–Crippen LogP) is 1.49. The lowest BCUT2D eigenvalue weighted by Crippen LogP contribution is -2.30. The number of halogens is 1. The van der Waals surface area contributed by atoms with E-state index in [1.54, 1.807) is 10.2 Å². The molecule has 2 rings (SSSR count). The first-order valence-electron chi connectivity index (χ1n) is 5.40. The molecule has 0 aliphatic rings. The van der Waals surface area contributed by atoms with Gasteiger partial charge in [-0.2, -0.15) is 0 Å². The lowest BCUT2D eigenvalue weighted by molar-refractivity contribution is 0.574. The van der Waals surface area contributed by atoms with Crippen LogP contribution in [0.2, 0.25) is 0 Å². The van der Waals surface area contributed by atoms with E-state index in [2.05, 4.69) is 0 Å². The summed E-state index contributed by atoms with van der Waals surface area (Å²) in [7, 11) is -8.61. The Hall–Kier alpha value is -1.77. The molecule has 0 aliphatic heterocycles. The summed E-state index contributed by atoms with van der Waals surface area (Å²) in [6, 6.07) is 11.1. The van der Waals surface area contributed by atoms with Crippen molar-refractivity contribution >= 4 is 20.0 Å². The smallest absolute Gasteiger partial charge is 0.207 e. The standard InChI is InChI=1S/C12H10FNO4S2/c13-10-5-4-8-12(9-10)20(17,18)14-19(15,16)11-6-2-1-3-7-11/h1-9,14H. The quantitative estimate of drug-likeness (QED) is 0.927. The SMILES string of the molecule is O=S(=O)(NS(=O)(=O)c1cccc(F)c1)c1ccccc1. The Morgan fingerprint density at radius 1 is 0.750 bits per heavy atom. The average Bonchev–Trinajstić information content (AvgIpc) is 2.39. The van der Waals surface area contributed by atoms with Gasteiger partial charge in [0.1, 0.15) is 5.82 Å². The van der Waals surface area contributed by atoms with Gasteiger partial charge in [-0.3, -0.25) is 0 Å². The highest BCUT2D eigenvalue weighted by Gasteiger charge is 2.24. The minimum atomic E-state index is -4.37. The van der Waals surface area contributed by atoms with Gasteiger partial charge in [-0.1, -0.05) is 24.3 Å². The van der Waals surface area contributed by atoms with Gasteiger partial charge in [0.15, 0.2) is 0 Å². The van der Waals surface area contributed by atoms with Gasteiger partial charge in [-0.05, 0) is 30.3 Å². The molecule has 0 atom stereocenters. The van der Waals surface area contributed by atoms with Crippen LogP contribution in [0.3, 0.4) is 0 Å². The monoisotopic (exact) mass is 315 g/mol. The average molecular weight is 315 g/mol. The summed E-state index contributed by atoms with van der Waals surface area (Å²) in [6.07, 6.45) is 0. The Kier molecular flexibility index (Phi) is 3.89. The maximum atomic E-state index is 13.0. The van der Waals surface area contributed by atoms with Crippen LogP contribution in [0, 0.1) is 5.82 Å². The highest BCUT2D eigenvalue weighted by molar-refractivity contribution is 8.04. The number of nitrogens with one attached hydrogen (secondary N) is 1. The molecule has 0 bridgehead atoms. The topological polar surface area (TPSA) is 80.3 Å². The fraction of sp³-hybridized carbons (Fsp3) is 0. The zero-order valence-corrected chi connectivity index (χ0v) is 11.7. The van der Waals surface area contributed by atoms with Crippen LogP contribution in [0.5, 0.6) is 0 Å². The van der Waals surface area contributed by atoms with E-state index in [-0.39, 0.29) is 4.90 Å². The summed E-state index contributed by atoms with van der Waals surface area (Å²) in [5.41, 5.74) is 0. The van der Waals surface area contributed by atoms with E-state index in [4.69, 9.17) is 0 Å². The van der Waals surface area contributed by atoms with Gasteiger partial charge in [0, 0.05) is 0 Å². The van der Waals surface area contributed by atoms with Crippen LogP contribution in [0.4, 0.5) is 4.39 Å². The van der Waals surface area contributed by atoms with E-state index >= 15 is 0 Å². The molecule has 0 amide bonds. The second kappa shape index (κ2) is 5.31. The van der Waals surface area contributed by atoms with Gasteiger partial charge in [-0.25, -0.2) is 21.2 Å². The van der Waals surface area contributed by atoms with E-state index in [0.717, 1.165) is 18.2 Å². The first kappa shape index (κ1) is 14.6. The summed E-state index contributed by atoms with van der Waals surface area (Å²) < 4.78 is 62.3. The molecule has 8 heteroatoms. The van der Waals surface area contributed by atoms with Crippen LogP contribution in [-0.4, -0.2) is 16.8 Å². The van der Waals surface area contributed by atoms with Crippen molar-refractivity contribution in [1.82, 2.24) is 4.13 Å². The van der Waals surface area contributed by atoms with Crippen molar-refractivity contribution in [3.8, 4) is 0 Å². The maximum Gasteiger partial charge on any atom is 0.253 e. The highest BCUT2D eigenvalue weighted by atomic mass is 32.3. The number of hydrogen-bond acceptors (Lipinski definition) is 4. The molecule has 106 valence electrons. The van der Waals surface area contributed by atoms with E-state index in [1.165, 1.54) is 30.3 Å². The van der Waals surface area contributed by atoms with Crippen molar-refractivity contribution in [3.05, 3.63) is 60.4 Å². The summed E-state index contributed by atoms with van der Waals surface area (Å²) in [5, 5.41) is 0. The van der Waals surface area contributed by atoms with Gasteiger partial charge in [0.05, 0.1) is 9.79 Å². The second-order valence-electron chi connectivity index (χ2n) is 3.86. The van der Waals surface area contributed by atoms with E-state index < -0.39 is 30.8 Å². The highest BCUT2D eigenvalue weighted by Crippen LogP contribution is 2.14. The lowest BCUT2D eigenvalue weighted by atomic mass is 10.4. The molecule has 0 radical (unpaired) electrons.